The van der Waals surface area contributed by atoms with Crippen molar-refractivity contribution in [3.63, 3.8) is 0 Å². The molecule has 106 valence electrons. The van der Waals surface area contributed by atoms with E-state index in [1.54, 1.807) is 6.07 Å². The molecule has 0 saturated heterocycles. The molecule has 0 unspecified atom stereocenters. The van der Waals surface area contributed by atoms with Gasteiger partial charge in [-0.05, 0) is 30.2 Å². The highest BCUT2D eigenvalue weighted by atomic mass is 16.1. The van der Waals surface area contributed by atoms with E-state index in [0.29, 0.717) is 17.8 Å². The Hall–Kier alpha value is -2.80. The summed E-state index contributed by atoms with van der Waals surface area (Å²) >= 11 is 0. The van der Waals surface area contributed by atoms with Crippen molar-refractivity contribution in [1.82, 2.24) is 5.32 Å². The summed E-state index contributed by atoms with van der Waals surface area (Å²) in [4.78, 5) is 11.8. The van der Waals surface area contributed by atoms with Crippen LogP contribution in [0.2, 0.25) is 0 Å². The second kappa shape index (κ2) is 7.11. The third-order valence-corrected chi connectivity index (χ3v) is 3.07. The topological polar surface area (TPSA) is 64.9 Å². The molecule has 0 aliphatic rings. The number of nitriles is 1. The zero-order valence-corrected chi connectivity index (χ0v) is 11.9. The average molecular weight is 279 g/mol. The SMILES string of the molecule is Cc1ccc(NCC(=O)NCc2ccccc2)c(C#N)c1. The lowest BCUT2D eigenvalue weighted by atomic mass is 10.1. The van der Waals surface area contributed by atoms with E-state index in [-0.39, 0.29) is 12.5 Å². The van der Waals surface area contributed by atoms with Gasteiger partial charge in [0.15, 0.2) is 0 Å². The minimum absolute atomic E-state index is 0.108. The largest absolute Gasteiger partial charge is 0.375 e. The number of aryl methyl sites for hydroxylation is 1. The van der Waals surface area contributed by atoms with E-state index in [0.717, 1.165) is 11.1 Å². The molecule has 21 heavy (non-hydrogen) atoms. The van der Waals surface area contributed by atoms with Crippen LogP contribution < -0.4 is 10.6 Å². The molecule has 2 aromatic rings. The molecule has 0 saturated carbocycles. The fraction of sp³-hybridized carbons (Fsp3) is 0.176. The van der Waals surface area contributed by atoms with E-state index >= 15 is 0 Å². The van der Waals surface area contributed by atoms with Gasteiger partial charge < -0.3 is 10.6 Å². The molecule has 2 rings (SSSR count). The van der Waals surface area contributed by atoms with Crippen LogP contribution in [0.1, 0.15) is 16.7 Å². The van der Waals surface area contributed by atoms with Gasteiger partial charge in [0.1, 0.15) is 6.07 Å². The van der Waals surface area contributed by atoms with Gasteiger partial charge in [0.05, 0.1) is 17.8 Å². The maximum Gasteiger partial charge on any atom is 0.239 e. The second-order valence-corrected chi connectivity index (χ2v) is 4.78. The van der Waals surface area contributed by atoms with Gasteiger partial charge in [0.25, 0.3) is 0 Å². The van der Waals surface area contributed by atoms with Crippen molar-refractivity contribution < 1.29 is 4.79 Å². The summed E-state index contributed by atoms with van der Waals surface area (Å²) in [6, 6.07) is 17.4. The van der Waals surface area contributed by atoms with E-state index < -0.39 is 0 Å². The van der Waals surface area contributed by atoms with Gasteiger partial charge in [-0.15, -0.1) is 0 Å². The number of carbonyl (C=O) groups is 1. The molecule has 1 amide bonds. The minimum Gasteiger partial charge on any atom is -0.375 e. The first kappa shape index (κ1) is 14.6. The number of anilines is 1. The van der Waals surface area contributed by atoms with Crippen LogP contribution in [-0.2, 0) is 11.3 Å². The predicted molar refractivity (Wildman–Crippen MR) is 82.7 cm³/mol. The van der Waals surface area contributed by atoms with E-state index in [4.69, 9.17) is 5.26 Å². The highest BCUT2D eigenvalue weighted by molar-refractivity contribution is 5.81. The van der Waals surface area contributed by atoms with Crippen LogP contribution in [-0.4, -0.2) is 12.5 Å². The highest BCUT2D eigenvalue weighted by Gasteiger charge is 2.05. The van der Waals surface area contributed by atoms with Gasteiger partial charge in [0.2, 0.25) is 5.91 Å². The molecule has 4 heteroatoms. The van der Waals surface area contributed by atoms with Crippen molar-refractivity contribution in [2.75, 3.05) is 11.9 Å². The molecule has 0 spiro atoms. The van der Waals surface area contributed by atoms with Crippen molar-refractivity contribution in [3.8, 4) is 6.07 Å². The molecule has 0 aliphatic carbocycles. The number of nitrogens with zero attached hydrogens (tertiary/aromatic N) is 1. The van der Waals surface area contributed by atoms with Crippen molar-refractivity contribution >= 4 is 11.6 Å². The van der Waals surface area contributed by atoms with Gasteiger partial charge >= 0.3 is 0 Å². The molecule has 0 atom stereocenters. The molecule has 2 N–H and O–H groups in total. The van der Waals surface area contributed by atoms with E-state index in [1.165, 1.54) is 0 Å². The van der Waals surface area contributed by atoms with Gasteiger partial charge in [-0.2, -0.15) is 5.26 Å². The Morgan fingerprint density at radius 1 is 1.19 bits per heavy atom. The molecule has 2 aromatic carbocycles. The van der Waals surface area contributed by atoms with Gasteiger partial charge in [0, 0.05) is 6.54 Å². The van der Waals surface area contributed by atoms with E-state index in [2.05, 4.69) is 16.7 Å². The standard InChI is InChI=1S/C17H17N3O/c1-13-7-8-16(15(9-13)10-18)19-12-17(21)20-11-14-5-3-2-4-6-14/h2-9,19H,11-12H2,1H3,(H,20,21). The quantitative estimate of drug-likeness (QED) is 0.884. The molecule has 0 bridgehead atoms. The van der Waals surface area contributed by atoms with Crippen molar-refractivity contribution in [1.29, 1.82) is 5.26 Å². The molecule has 0 aliphatic heterocycles. The molecule has 0 radical (unpaired) electrons. The fourth-order valence-corrected chi connectivity index (χ4v) is 1.94. The van der Waals surface area contributed by atoms with Gasteiger partial charge in [-0.1, -0.05) is 36.4 Å². The third-order valence-electron chi connectivity index (χ3n) is 3.07. The first-order chi connectivity index (χ1) is 10.2. The number of carbonyl (C=O) groups excluding carboxylic acids is 1. The normalized spacial score (nSPS) is 9.71. The Morgan fingerprint density at radius 3 is 2.67 bits per heavy atom. The van der Waals surface area contributed by atoms with Crippen molar-refractivity contribution in [2.45, 2.75) is 13.5 Å². The lowest BCUT2D eigenvalue weighted by Crippen LogP contribution is -2.29. The van der Waals surface area contributed by atoms with E-state index in [9.17, 15) is 4.79 Å². The van der Waals surface area contributed by atoms with Crippen LogP contribution in [0, 0.1) is 18.3 Å². The van der Waals surface area contributed by atoms with Crippen LogP contribution in [0.15, 0.2) is 48.5 Å². The summed E-state index contributed by atoms with van der Waals surface area (Å²) in [5.74, 6) is -0.108. The van der Waals surface area contributed by atoms with Crippen LogP contribution in [0.5, 0.6) is 0 Å². The summed E-state index contributed by atoms with van der Waals surface area (Å²) in [5, 5.41) is 14.9. The summed E-state index contributed by atoms with van der Waals surface area (Å²) in [5.41, 5.74) is 3.30. The molecule has 4 nitrogen and oxygen atoms in total. The Balaban J connectivity index is 1.86. The Morgan fingerprint density at radius 2 is 1.95 bits per heavy atom. The van der Waals surface area contributed by atoms with E-state index in [1.807, 2.05) is 49.4 Å². The zero-order valence-electron chi connectivity index (χ0n) is 11.9. The molecular formula is C17H17N3O. The molecule has 0 heterocycles. The predicted octanol–water partition coefficient (Wildman–Crippen LogP) is 2.60. The van der Waals surface area contributed by atoms with Crippen LogP contribution in [0.25, 0.3) is 0 Å². The van der Waals surface area contributed by atoms with Gasteiger partial charge in [-0.3, -0.25) is 4.79 Å². The summed E-state index contributed by atoms with van der Waals surface area (Å²) in [6.45, 7) is 2.57. The first-order valence-corrected chi connectivity index (χ1v) is 6.74. The average Bonchev–Trinajstić information content (AvgIpc) is 2.52. The number of amides is 1. The number of nitrogens with one attached hydrogen (secondary N) is 2. The van der Waals surface area contributed by atoms with Crippen molar-refractivity contribution in [3.05, 3.63) is 65.2 Å². The maximum absolute atomic E-state index is 11.8. The lowest BCUT2D eigenvalue weighted by molar-refractivity contribution is -0.119. The fourth-order valence-electron chi connectivity index (χ4n) is 1.94. The summed E-state index contributed by atoms with van der Waals surface area (Å²) in [6.07, 6.45) is 0. The van der Waals surface area contributed by atoms with Crippen molar-refractivity contribution in [2.24, 2.45) is 0 Å². The van der Waals surface area contributed by atoms with Gasteiger partial charge in [-0.25, -0.2) is 0 Å². The number of benzene rings is 2. The zero-order chi connectivity index (χ0) is 15.1. The summed E-state index contributed by atoms with van der Waals surface area (Å²) < 4.78 is 0. The van der Waals surface area contributed by atoms with Crippen LogP contribution in [0.4, 0.5) is 5.69 Å². The first-order valence-electron chi connectivity index (χ1n) is 6.74. The Kier molecular flexibility index (Phi) is 4.94. The third kappa shape index (κ3) is 4.36. The summed E-state index contributed by atoms with van der Waals surface area (Å²) in [7, 11) is 0. The smallest absolute Gasteiger partial charge is 0.239 e. The molecule has 0 fully saturated rings. The number of hydrogen-bond donors (Lipinski definition) is 2. The monoisotopic (exact) mass is 279 g/mol. The molecule has 0 aromatic heterocycles. The minimum atomic E-state index is -0.108. The Labute approximate surface area is 124 Å². The maximum atomic E-state index is 11.8. The number of rotatable bonds is 5. The Bertz CT molecular complexity index is 659. The van der Waals surface area contributed by atoms with Crippen LogP contribution >= 0.6 is 0 Å². The second-order valence-electron chi connectivity index (χ2n) is 4.78. The number of hydrogen-bond acceptors (Lipinski definition) is 3. The van der Waals surface area contributed by atoms with Crippen LogP contribution in [0.3, 0.4) is 0 Å². The lowest BCUT2D eigenvalue weighted by Gasteiger charge is -2.09. The highest BCUT2D eigenvalue weighted by Crippen LogP contribution is 2.15. The molecular weight excluding hydrogens is 262 g/mol.